The van der Waals surface area contributed by atoms with Gasteiger partial charge in [-0.1, -0.05) is 19.1 Å². The summed E-state index contributed by atoms with van der Waals surface area (Å²) < 4.78 is 0. The molecule has 0 atom stereocenters. The predicted octanol–water partition coefficient (Wildman–Crippen LogP) is 3.94. The van der Waals surface area contributed by atoms with Crippen molar-refractivity contribution in [1.82, 2.24) is 14.8 Å². The number of rotatable bonds is 5. The molecule has 0 unspecified atom stereocenters. The standard InChI is InChI=1S/C18H23N3OS2.ClH/c1-3-23-16-7-5-4-6-15(16)18(22)21-10-8-20(9-11-21)12-17-19-14(2)13-24-17;/h4-7,13H,3,8-12H2,1-2H3;1H. The highest BCUT2D eigenvalue weighted by Gasteiger charge is 2.24. The molecule has 2 heterocycles. The second-order valence-electron chi connectivity index (χ2n) is 5.88. The fourth-order valence-corrected chi connectivity index (χ4v) is 4.48. The van der Waals surface area contributed by atoms with Crippen molar-refractivity contribution in [3.63, 3.8) is 0 Å². The van der Waals surface area contributed by atoms with Crippen LogP contribution in [0.3, 0.4) is 0 Å². The Morgan fingerprint density at radius 2 is 1.96 bits per heavy atom. The molecule has 1 aliphatic heterocycles. The van der Waals surface area contributed by atoms with Gasteiger partial charge in [-0.15, -0.1) is 35.5 Å². The first kappa shape index (κ1) is 20.2. The number of aryl methyl sites for hydroxylation is 1. The molecule has 1 aromatic carbocycles. The van der Waals surface area contributed by atoms with Crippen LogP contribution in [0.4, 0.5) is 0 Å². The molecule has 1 aromatic heterocycles. The minimum absolute atomic E-state index is 0. The summed E-state index contributed by atoms with van der Waals surface area (Å²) in [5, 5.41) is 3.26. The van der Waals surface area contributed by atoms with Gasteiger partial charge in [0, 0.05) is 42.1 Å². The summed E-state index contributed by atoms with van der Waals surface area (Å²) in [6, 6.07) is 7.95. The number of aromatic nitrogens is 1. The zero-order valence-electron chi connectivity index (χ0n) is 14.6. The van der Waals surface area contributed by atoms with Gasteiger partial charge in [-0.25, -0.2) is 4.98 Å². The number of thioether (sulfide) groups is 1. The van der Waals surface area contributed by atoms with Crippen molar-refractivity contribution < 1.29 is 4.79 Å². The number of hydrogen-bond donors (Lipinski definition) is 0. The predicted molar refractivity (Wildman–Crippen MR) is 108 cm³/mol. The molecule has 1 saturated heterocycles. The number of halogens is 1. The first-order chi connectivity index (χ1) is 11.7. The van der Waals surface area contributed by atoms with Gasteiger partial charge < -0.3 is 4.90 Å². The third-order valence-corrected chi connectivity index (χ3v) is 6.01. The third-order valence-electron chi connectivity index (χ3n) is 4.10. The van der Waals surface area contributed by atoms with E-state index in [0.29, 0.717) is 0 Å². The average molecular weight is 398 g/mol. The minimum Gasteiger partial charge on any atom is -0.336 e. The van der Waals surface area contributed by atoms with Crippen LogP contribution in [0.25, 0.3) is 0 Å². The molecule has 0 spiro atoms. The molecule has 136 valence electrons. The van der Waals surface area contributed by atoms with Crippen LogP contribution in [0, 0.1) is 6.92 Å². The number of carbonyl (C=O) groups is 1. The van der Waals surface area contributed by atoms with E-state index in [1.165, 1.54) is 0 Å². The van der Waals surface area contributed by atoms with Gasteiger partial charge in [-0.05, 0) is 24.8 Å². The van der Waals surface area contributed by atoms with Gasteiger partial charge in [0.15, 0.2) is 0 Å². The van der Waals surface area contributed by atoms with Gasteiger partial charge in [0.05, 0.1) is 12.1 Å². The summed E-state index contributed by atoms with van der Waals surface area (Å²) in [7, 11) is 0. The summed E-state index contributed by atoms with van der Waals surface area (Å²) in [5.41, 5.74) is 1.93. The summed E-state index contributed by atoms with van der Waals surface area (Å²) in [6.45, 7) is 8.43. The normalized spacial score (nSPS) is 15.0. The summed E-state index contributed by atoms with van der Waals surface area (Å²) >= 11 is 3.45. The van der Waals surface area contributed by atoms with Gasteiger partial charge >= 0.3 is 0 Å². The Bertz CT molecular complexity index is 699. The lowest BCUT2D eigenvalue weighted by Crippen LogP contribution is -2.48. The van der Waals surface area contributed by atoms with Gasteiger partial charge in [0.2, 0.25) is 0 Å². The van der Waals surface area contributed by atoms with Crippen molar-refractivity contribution in [2.75, 3.05) is 31.9 Å². The number of carbonyl (C=O) groups excluding carboxylic acids is 1. The van der Waals surface area contributed by atoms with Crippen LogP contribution in [0.2, 0.25) is 0 Å². The highest BCUT2D eigenvalue weighted by atomic mass is 35.5. The molecule has 4 nitrogen and oxygen atoms in total. The highest BCUT2D eigenvalue weighted by Crippen LogP contribution is 2.24. The zero-order valence-corrected chi connectivity index (χ0v) is 17.1. The van der Waals surface area contributed by atoms with E-state index in [1.807, 2.05) is 36.1 Å². The molecule has 0 aliphatic carbocycles. The molecule has 7 heteroatoms. The van der Waals surface area contributed by atoms with Gasteiger partial charge in [0.25, 0.3) is 5.91 Å². The van der Waals surface area contributed by atoms with Crippen molar-refractivity contribution in [1.29, 1.82) is 0 Å². The van der Waals surface area contributed by atoms with E-state index in [9.17, 15) is 4.79 Å². The molecule has 25 heavy (non-hydrogen) atoms. The largest absolute Gasteiger partial charge is 0.336 e. The zero-order chi connectivity index (χ0) is 16.9. The molecule has 0 saturated carbocycles. The Hall–Kier alpha value is -1.08. The maximum absolute atomic E-state index is 12.8. The van der Waals surface area contributed by atoms with E-state index >= 15 is 0 Å². The lowest BCUT2D eigenvalue weighted by molar-refractivity contribution is 0.0625. The van der Waals surface area contributed by atoms with E-state index in [2.05, 4.69) is 22.2 Å². The molecule has 1 fully saturated rings. The quantitative estimate of drug-likeness (QED) is 0.716. The first-order valence-corrected chi connectivity index (χ1v) is 10.2. The minimum atomic E-state index is 0. The summed E-state index contributed by atoms with van der Waals surface area (Å²) in [6.07, 6.45) is 0. The van der Waals surface area contributed by atoms with E-state index in [-0.39, 0.29) is 18.3 Å². The molecular weight excluding hydrogens is 374 g/mol. The second-order valence-corrected chi connectivity index (χ2v) is 8.13. The number of thiazole rings is 1. The number of piperazine rings is 1. The molecule has 1 aliphatic rings. The molecule has 3 rings (SSSR count). The van der Waals surface area contributed by atoms with Crippen LogP contribution < -0.4 is 0 Å². The number of hydrogen-bond acceptors (Lipinski definition) is 5. The van der Waals surface area contributed by atoms with Crippen molar-refractivity contribution in [2.45, 2.75) is 25.3 Å². The van der Waals surface area contributed by atoms with Gasteiger partial charge in [0.1, 0.15) is 5.01 Å². The molecule has 0 N–H and O–H groups in total. The second kappa shape index (κ2) is 9.57. The van der Waals surface area contributed by atoms with Crippen LogP contribution in [-0.2, 0) is 6.54 Å². The van der Waals surface area contributed by atoms with Gasteiger partial charge in [-0.2, -0.15) is 0 Å². The fraction of sp³-hybridized carbons (Fsp3) is 0.444. The van der Waals surface area contributed by atoms with E-state index in [4.69, 9.17) is 0 Å². The Balaban J connectivity index is 0.00000225. The van der Waals surface area contributed by atoms with Crippen LogP contribution >= 0.6 is 35.5 Å². The van der Waals surface area contributed by atoms with Crippen molar-refractivity contribution in [3.8, 4) is 0 Å². The molecule has 0 radical (unpaired) electrons. The highest BCUT2D eigenvalue weighted by molar-refractivity contribution is 7.99. The number of benzene rings is 1. The summed E-state index contributed by atoms with van der Waals surface area (Å²) in [4.78, 5) is 22.8. The fourth-order valence-electron chi connectivity index (χ4n) is 2.87. The van der Waals surface area contributed by atoms with Crippen molar-refractivity contribution >= 4 is 41.4 Å². The van der Waals surface area contributed by atoms with Crippen molar-refractivity contribution in [3.05, 3.63) is 45.9 Å². The average Bonchev–Trinajstić information content (AvgIpc) is 3.01. The maximum atomic E-state index is 12.8. The Morgan fingerprint density at radius 1 is 1.24 bits per heavy atom. The number of amides is 1. The molecule has 0 bridgehead atoms. The smallest absolute Gasteiger partial charge is 0.255 e. The molecular formula is C18H24ClN3OS2. The third kappa shape index (κ3) is 5.20. The maximum Gasteiger partial charge on any atom is 0.255 e. The first-order valence-electron chi connectivity index (χ1n) is 8.32. The van der Waals surface area contributed by atoms with E-state index in [0.717, 1.165) is 59.6 Å². The van der Waals surface area contributed by atoms with E-state index < -0.39 is 0 Å². The Labute approximate surface area is 164 Å². The van der Waals surface area contributed by atoms with Crippen LogP contribution in [0.1, 0.15) is 28.0 Å². The number of nitrogens with zero attached hydrogens (tertiary/aromatic N) is 3. The van der Waals surface area contributed by atoms with Gasteiger partial charge in [-0.3, -0.25) is 9.69 Å². The monoisotopic (exact) mass is 397 g/mol. The van der Waals surface area contributed by atoms with Crippen molar-refractivity contribution in [2.24, 2.45) is 0 Å². The lowest BCUT2D eigenvalue weighted by Gasteiger charge is -2.34. The van der Waals surface area contributed by atoms with Crippen LogP contribution in [0.5, 0.6) is 0 Å². The van der Waals surface area contributed by atoms with Crippen LogP contribution in [-0.4, -0.2) is 52.6 Å². The SMILES string of the molecule is CCSc1ccccc1C(=O)N1CCN(Cc2nc(C)cs2)CC1.Cl. The topological polar surface area (TPSA) is 36.4 Å². The Kier molecular flexibility index (Phi) is 7.75. The van der Waals surface area contributed by atoms with Crippen LogP contribution in [0.15, 0.2) is 34.5 Å². The Morgan fingerprint density at radius 3 is 2.60 bits per heavy atom. The molecule has 2 aromatic rings. The summed E-state index contributed by atoms with van der Waals surface area (Å²) in [5.74, 6) is 1.14. The van der Waals surface area contributed by atoms with E-state index in [1.54, 1.807) is 23.1 Å². The lowest BCUT2D eigenvalue weighted by atomic mass is 10.2. The molecule has 1 amide bonds.